The van der Waals surface area contributed by atoms with Crippen LogP contribution in [0.25, 0.3) is 0 Å². The van der Waals surface area contributed by atoms with Gasteiger partial charge in [-0.2, -0.15) is 0 Å². The lowest BCUT2D eigenvalue weighted by molar-refractivity contribution is 1.40. The van der Waals surface area contributed by atoms with Gasteiger partial charge in [0.1, 0.15) is 0 Å². The molecule has 12 heavy (non-hydrogen) atoms. The van der Waals surface area contributed by atoms with E-state index in [1.807, 2.05) is 33.8 Å². The molecule has 0 amide bonds. The molecule has 0 N–H and O–H groups in total. The van der Waals surface area contributed by atoms with Crippen LogP contribution in [0.2, 0.25) is 0 Å². The van der Waals surface area contributed by atoms with Crippen LogP contribution in [0.15, 0.2) is 34.4 Å². The predicted molar refractivity (Wildman–Crippen MR) is 62.6 cm³/mol. The van der Waals surface area contributed by atoms with Crippen LogP contribution < -0.4 is 0 Å². The second-order valence-corrected chi connectivity index (χ2v) is 2.97. The third kappa shape index (κ3) is 5.36. The Kier molecular flexibility index (Phi) is 10.4. The summed E-state index contributed by atoms with van der Waals surface area (Å²) in [4.78, 5) is 0. The fourth-order valence-electron chi connectivity index (χ4n) is 0.527. The summed E-state index contributed by atoms with van der Waals surface area (Å²) in [5, 5.41) is 0. The average Bonchev–Trinajstić information content (AvgIpc) is 2.17. The van der Waals surface area contributed by atoms with Crippen LogP contribution in [0.4, 0.5) is 0 Å². The minimum Gasteiger partial charge on any atom is -0.0988 e. The summed E-state index contributed by atoms with van der Waals surface area (Å²) >= 11 is 3.47. The first-order chi connectivity index (χ1) is 5.63. The van der Waals surface area contributed by atoms with Crippen molar-refractivity contribution in [3.05, 3.63) is 34.4 Å². The molecule has 0 aromatic carbocycles. The van der Waals surface area contributed by atoms with Crippen molar-refractivity contribution in [1.82, 2.24) is 0 Å². The van der Waals surface area contributed by atoms with Gasteiger partial charge in [-0.15, -0.1) is 0 Å². The zero-order chi connectivity index (χ0) is 10.1. The van der Waals surface area contributed by atoms with E-state index in [0.29, 0.717) is 0 Å². The van der Waals surface area contributed by atoms with Crippen LogP contribution in [0.5, 0.6) is 0 Å². The highest BCUT2D eigenvalue weighted by molar-refractivity contribution is 9.12. The van der Waals surface area contributed by atoms with Gasteiger partial charge in [0, 0.05) is 4.48 Å². The molecule has 0 aliphatic rings. The number of hydrogen-bond donors (Lipinski definition) is 0. The van der Waals surface area contributed by atoms with Crippen LogP contribution in [0.3, 0.4) is 0 Å². The molecule has 0 radical (unpaired) electrons. The third-order valence-electron chi connectivity index (χ3n) is 1.43. The smallest absolute Gasteiger partial charge is 0.0230 e. The standard InChI is InChI=1S/C9H13Br.C2H6/c1-5-7(3)9(10)8(4)6-2;1-2/h5-6H,1H2,2-4H3;1-2H3/b8-6-,9-7+;. The van der Waals surface area contributed by atoms with E-state index in [1.54, 1.807) is 0 Å². The number of allylic oxidation sites excluding steroid dienone is 5. The Labute approximate surface area is 85.2 Å². The van der Waals surface area contributed by atoms with Gasteiger partial charge in [0.25, 0.3) is 0 Å². The molecule has 0 heterocycles. The Balaban J connectivity index is 0. The minimum absolute atomic E-state index is 1.14. The first-order valence-corrected chi connectivity index (χ1v) is 5.04. The Bertz CT molecular complexity index is 185. The van der Waals surface area contributed by atoms with Gasteiger partial charge >= 0.3 is 0 Å². The van der Waals surface area contributed by atoms with Gasteiger partial charge < -0.3 is 0 Å². The first-order valence-electron chi connectivity index (χ1n) is 4.25. The summed E-state index contributed by atoms with van der Waals surface area (Å²) in [5.74, 6) is 0. The van der Waals surface area contributed by atoms with E-state index >= 15 is 0 Å². The monoisotopic (exact) mass is 230 g/mol. The summed E-state index contributed by atoms with van der Waals surface area (Å²) in [6.45, 7) is 13.8. The molecule has 0 rings (SSSR count). The van der Waals surface area contributed by atoms with Crippen LogP contribution in [0, 0.1) is 0 Å². The van der Waals surface area contributed by atoms with Crippen molar-refractivity contribution >= 4 is 15.9 Å². The Morgan fingerprint density at radius 2 is 1.67 bits per heavy atom. The van der Waals surface area contributed by atoms with Crippen molar-refractivity contribution in [3.63, 3.8) is 0 Å². The van der Waals surface area contributed by atoms with Crippen molar-refractivity contribution in [1.29, 1.82) is 0 Å². The van der Waals surface area contributed by atoms with E-state index in [2.05, 4.69) is 35.5 Å². The fourth-order valence-corrected chi connectivity index (χ4v) is 0.918. The minimum atomic E-state index is 1.14. The number of hydrogen-bond acceptors (Lipinski definition) is 0. The molecule has 0 aliphatic heterocycles. The predicted octanol–water partition coefficient (Wildman–Crippen LogP) is 4.83. The van der Waals surface area contributed by atoms with Crippen LogP contribution >= 0.6 is 15.9 Å². The van der Waals surface area contributed by atoms with Crippen molar-refractivity contribution in [2.75, 3.05) is 0 Å². The van der Waals surface area contributed by atoms with Gasteiger partial charge in [0.15, 0.2) is 0 Å². The van der Waals surface area contributed by atoms with Crippen LogP contribution in [-0.4, -0.2) is 0 Å². The van der Waals surface area contributed by atoms with Crippen molar-refractivity contribution in [2.24, 2.45) is 0 Å². The summed E-state index contributed by atoms with van der Waals surface area (Å²) < 4.78 is 1.14. The lowest BCUT2D eigenvalue weighted by atomic mass is 10.2. The summed E-state index contributed by atoms with van der Waals surface area (Å²) in [7, 11) is 0. The molecule has 0 aromatic rings. The fraction of sp³-hybridized carbons (Fsp3) is 0.455. The van der Waals surface area contributed by atoms with E-state index in [0.717, 1.165) is 4.48 Å². The van der Waals surface area contributed by atoms with Gasteiger partial charge in [-0.1, -0.05) is 48.5 Å². The van der Waals surface area contributed by atoms with Crippen molar-refractivity contribution < 1.29 is 0 Å². The molecule has 0 fully saturated rings. The Morgan fingerprint density at radius 1 is 1.25 bits per heavy atom. The summed E-state index contributed by atoms with van der Waals surface area (Å²) in [6, 6.07) is 0. The molecule has 0 saturated carbocycles. The van der Waals surface area contributed by atoms with Crippen molar-refractivity contribution in [3.8, 4) is 0 Å². The summed E-state index contributed by atoms with van der Waals surface area (Å²) in [6.07, 6.45) is 3.91. The largest absolute Gasteiger partial charge is 0.0988 e. The second-order valence-electron chi connectivity index (χ2n) is 2.17. The maximum Gasteiger partial charge on any atom is 0.0230 e. The van der Waals surface area contributed by atoms with E-state index < -0.39 is 0 Å². The van der Waals surface area contributed by atoms with Gasteiger partial charge in [-0.3, -0.25) is 0 Å². The molecule has 0 nitrogen and oxygen atoms in total. The highest BCUT2D eigenvalue weighted by atomic mass is 79.9. The normalized spacial score (nSPS) is 12.7. The molecule has 0 unspecified atom stereocenters. The molecule has 0 bridgehead atoms. The molecule has 70 valence electrons. The maximum absolute atomic E-state index is 3.68. The maximum atomic E-state index is 3.68. The lowest BCUT2D eigenvalue weighted by Crippen LogP contribution is -1.78. The average molecular weight is 231 g/mol. The van der Waals surface area contributed by atoms with E-state index in [1.165, 1.54) is 11.1 Å². The molecular formula is C11H19Br. The molecule has 0 saturated heterocycles. The molecule has 0 spiro atoms. The quantitative estimate of drug-likeness (QED) is 0.597. The zero-order valence-corrected chi connectivity index (χ0v) is 10.3. The van der Waals surface area contributed by atoms with E-state index in [4.69, 9.17) is 0 Å². The van der Waals surface area contributed by atoms with Gasteiger partial charge in [0.05, 0.1) is 0 Å². The van der Waals surface area contributed by atoms with Gasteiger partial charge in [-0.05, 0) is 31.9 Å². The van der Waals surface area contributed by atoms with Crippen LogP contribution in [-0.2, 0) is 0 Å². The number of halogens is 1. The van der Waals surface area contributed by atoms with Crippen LogP contribution in [0.1, 0.15) is 34.6 Å². The molecule has 0 aromatic heterocycles. The Hall–Kier alpha value is -0.300. The highest BCUT2D eigenvalue weighted by Crippen LogP contribution is 2.20. The molecule has 1 heteroatoms. The lowest BCUT2D eigenvalue weighted by Gasteiger charge is -2.00. The zero-order valence-electron chi connectivity index (χ0n) is 8.74. The van der Waals surface area contributed by atoms with E-state index in [9.17, 15) is 0 Å². The summed E-state index contributed by atoms with van der Waals surface area (Å²) in [5.41, 5.74) is 2.42. The van der Waals surface area contributed by atoms with Crippen molar-refractivity contribution in [2.45, 2.75) is 34.6 Å². The first kappa shape index (κ1) is 14.2. The van der Waals surface area contributed by atoms with Gasteiger partial charge in [0.2, 0.25) is 0 Å². The molecule has 0 aliphatic carbocycles. The van der Waals surface area contributed by atoms with E-state index in [-0.39, 0.29) is 0 Å². The molecule has 0 atom stereocenters. The highest BCUT2D eigenvalue weighted by Gasteiger charge is 1.95. The second kappa shape index (κ2) is 8.79. The topological polar surface area (TPSA) is 0 Å². The molecular weight excluding hydrogens is 212 g/mol. The third-order valence-corrected chi connectivity index (χ3v) is 2.68. The SMILES string of the molecule is C=C/C(C)=C(Br)\C(C)=C/C.CC. The van der Waals surface area contributed by atoms with Gasteiger partial charge in [-0.25, -0.2) is 0 Å². The number of rotatable bonds is 2. The Morgan fingerprint density at radius 3 is 1.92 bits per heavy atom.